The molecule has 0 aliphatic heterocycles. The molecule has 0 fully saturated rings. The lowest BCUT2D eigenvalue weighted by Gasteiger charge is -2.03. The van der Waals surface area contributed by atoms with Gasteiger partial charge in [0.25, 0.3) is 5.91 Å². The first kappa shape index (κ1) is 13.3. The Labute approximate surface area is 119 Å². The second-order valence-corrected chi connectivity index (χ2v) is 4.70. The van der Waals surface area contributed by atoms with Gasteiger partial charge in [-0.1, -0.05) is 30.3 Å². The zero-order valence-corrected chi connectivity index (χ0v) is 11.0. The van der Waals surface area contributed by atoms with E-state index in [1.54, 1.807) is 0 Å². The van der Waals surface area contributed by atoms with Crippen LogP contribution in [0.2, 0.25) is 0 Å². The third kappa shape index (κ3) is 2.76. The van der Waals surface area contributed by atoms with Crippen molar-refractivity contribution in [2.75, 3.05) is 0 Å². The van der Waals surface area contributed by atoms with Crippen molar-refractivity contribution in [1.82, 2.24) is 10.3 Å². The number of aromatic nitrogens is 1. The summed E-state index contributed by atoms with van der Waals surface area (Å²) in [6, 6.07) is 12.8. The maximum absolute atomic E-state index is 13.6. The molecule has 1 heterocycles. The molecule has 0 aliphatic rings. The molecule has 1 amide bonds. The number of fused-ring (bicyclic) bond motifs is 1. The van der Waals surface area contributed by atoms with E-state index >= 15 is 0 Å². The van der Waals surface area contributed by atoms with Crippen LogP contribution in [-0.4, -0.2) is 10.9 Å². The zero-order chi connectivity index (χ0) is 14.8. The second-order valence-electron chi connectivity index (χ2n) is 4.70. The van der Waals surface area contributed by atoms with E-state index in [4.69, 9.17) is 0 Å². The van der Waals surface area contributed by atoms with Gasteiger partial charge in [-0.25, -0.2) is 8.78 Å². The molecule has 106 valence electrons. The van der Waals surface area contributed by atoms with Gasteiger partial charge in [0.2, 0.25) is 0 Å². The number of rotatable bonds is 3. The van der Waals surface area contributed by atoms with Crippen molar-refractivity contribution in [1.29, 1.82) is 0 Å². The van der Waals surface area contributed by atoms with E-state index in [1.165, 1.54) is 6.07 Å². The molecular weight excluding hydrogens is 274 g/mol. The molecule has 0 atom stereocenters. The molecule has 5 heteroatoms. The number of carbonyl (C=O) groups excluding carboxylic acids is 1. The molecule has 0 spiro atoms. The summed E-state index contributed by atoms with van der Waals surface area (Å²) in [7, 11) is 0. The number of amides is 1. The number of halogens is 2. The third-order valence-corrected chi connectivity index (χ3v) is 3.19. The van der Waals surface area contributed by atoms with Crippen LogP contribution in [0.25, 0.3) is 10.9 Å². The van der Waals surface area contributed by atoms with Gasteiger partial charge in [-0.05, 0) is 17.7 Å². The zero-order valence-electron chi connectivity index (χ0n) is 11.0. The molecule has 2 N–H and O–H groups in total. The van der Waals surface area contributed by atoms with Gasteiger partial charge in [0, 0.05) is 18.0 Å². The van der Waals surface area contributed by atoms with Gasteiger partial charge < -0.3 is 10.3 Å². The highest BCUT2D eigenvalue weighted by Crippen LogP contribution is 2.20. The maximum atomic E-state index is 13.6. The van der Waals surface area contributed by atoms with Crippen molar-refractivity contribution in [2.24, 2.45) is 0 Å². The minimum atomic E-state index is -0.691. The molecule has 0 unspecified atom stereocenters. The maximum Gasteiger partial charge on any atom is 0.267 e. The van der Waals surface area contributed by atoms with Crippen LogP contribution in [0.3, 0.4) is 0 Å². The van der Waals surface area contributed by atoms with Gasteiger partial charge in [0.15, 0.2) is 0 Å². The Balaban J connectivity index is 1.80. The van der Waals surface area contributed by atoms with E-state index in [0.717, 1.165) is 17.7 Å². The Morgan fingerprint density at radius 2 is 1.86 bits per heavy atom. The van der Waals surface area contributed by atoms with Gasteiger partial charge in [-0.3, -0.25) is 4.79 Å². The molecule has 3 nitrogen and oxygen atoms in total. The van der Waals surface area contributed by atoms with Crippen LogP contribution in [0.1, 0.15) is 16.1 Å². The Morgan fingerprint density at radius 1 is 1.10 bits per heavy atom. The quantitative estimate of drug-likeness (QED) is 0.761. The first-order valence-corrected chi connectivity index (χ1v) is 6.43. The monoisotopic (exact) mass is 286 g/mol. The average molecular weight is 286 g/mol. The fourth-order valence-electron chi connectivity index (χ4n) is 2.16. The molecule has 1 aromatic heterocycles. The summed E-state index contributed by atoms with van der Waals surface area (Å²) in [4.78, 5) is 14.7. The Hall–Kier alpha value is -2.69. The first-order valence-electron chi connectivity index (χ1n) is 6.43. The van der Waals surface area contributed by atoms with Crippen molar-refractivity contribution < 1.29 is 13.6 Å². The molecule has 21 heavy (non-hydrogen) atoms. The van der Waals surface area contributed by atoms with Gasteiger partial charge in [0.05, 0.1) is 5.52 Å². The highest BCUT2D eigenvalue weighted by molar-refractivity contribution is 5.98. The van der Waals surface area contributed by atoms with Gasteiger partial charge >= 0.3 is 0 Å². The van der Waals surface area contributed by atoms with Crippen molar-refractivity contribution >= 4 is 16.8 Å². The Morgan fingerprint density at radius 3 is 2.62 bits per heavy atom. The number of H-pyrrole nitrogens is 1. The molecule has 0 radical (unpaired) electrons. The largest absolute Gasteiger partial charge is 0.350 e. The van der Waals surface area contributed by atoms with Gasteiger partial charge in [-0.15, -0.1) is 0 Å². The lowest BCUT2D eigenvalue weighted by atomic mass is 10.2. The Bertz CT molecular complexity index is 797. The molecule has 0 aliphatic carbocycles. The summed E-state index contributed by atoms with van der Waals surface area (Å²) in [6.07, 6.45) is 0. The van der Waals surface area contributed by atoms with E-state index < -0.39 is 11.6 Å². The van der Waals surface area contributed by atoms with Gasteiger partial charge in [0.1, 0.15) is 17.3 Å². The van der Waals surface area contributed by atoms with Crippen molar-refractivity contribution in [3.63, 3.8) is 0 Å². The number of carbonyl (C=O) groups is 1. The van der Waals surface area contributed by atoms with Crippen LogP contribution in [0, 0.1) is 11.6 Å². The molecular formula is C16H12F2N2O. The normalized spacial score (nSPS) is 10.8. The van der Waals surface area contributed by atoms with E-state index in [9.17, 15) is 13.6 Å². The Kier molecular flexibility index (Phi) is 3.39. The van der Waals surface area contributed by atoms with Crippen molar-refractivity contribution in [3.05, 3.63) is 71.4 Å². The summed E-state index contributed by atoms with van der Waals surface area (Å²) in [5.74, 6) is -1.74. The van der Waals surface area contributed by atoms with E-state index in [2.05, 4.69) is 10.3 Å². The third-order valence-electron chi connectivity index (χ3n) is 3.19. The van der Waals surface area contributed by atoms with E-state index in [1.807, 2.05) is 30.3 Å². The highest BCUT2D eigenvalue weighted by atomic mass is 19.1. The molecule has 3 aromatic rings. The number of nitrogens with one attached hydrogen (secondary N) is 2. The fraction of sp³-hybridized carbons (Fsp3) is 0.0625. The first-order chi connectivity index (χ1) is 10.1. The van der Waals surface area contributed by atoms with Crippen molar-refractivity contribution in [2.45, 2.75) is 6.54 Å². The van der Waals surface area contributed by atoms with Gasteiger partial charge in [-0.2, -0.15) is 0 Å². The summed E-state index contributed by atoms with van der Waals surface area (Å²) >= 11 is 0. The van der Waals surface area contributed by atoms with Crippen LogP contribution in [0.15, 0.2) is 48.5 Å². The van der Waals surface area contributed by atoms with Crippen LogP contribution >= 0.6 is 0 Å². The SMILES string of the molecule is O=C(NCc1ccccc1)c1cc2c(F)cc(F)cc2[nH]1. The summed E-state index contributed by atoms with van der Waals surface area (Å²) in [5.41, 5.74) is 1.42. The molecule has 3 rings (SSSR count). The summed E-state index contributed by atoms with van der Waals surface area (Å²) in [6.45, 7) is 0.367. The number of benzene rings is 2. The molecule has 0 bridgehead atoms. The van der Waals surface area contributed by atoms with Crippen LogP contribution in [-0.2, 0) is 6.54 Å². The topological polar surface area (TPSA) is 44.9 Å². The van der Waals surface area contributed by atoms with Crippen LogP contribution in [0.5, 0.6) is 0 Å². The molecule has 2 aromatic carbocycles. The fourth-order valence-corrected chi connectivity index (χ4v) is 2.16. The lowest BCUT2D eigenvalue weighted by molar-refractivity contribution is 0.0947. The minimum Gasteiger partial charge on any atom is -0.350 e. The predicted octanol–water partition coefficient (Wildman–Crippen LogP) is 3.38. The minimum absolute atomic E-state index is 0.196. The number of hydrogen-bond donors (Lipinski definition) is 2. The second kappa shape index (κ2) is 5.36. The van der Waals surface area contributed by atoms with E-state index in [-0.39, 0.29) is 22.5 Å². The molecule has 0 saturated carbocycles. The summed E-state index contributed by atoms with van der Waals surface area (Å²) in [5, 5.41) is 2.92. The van der Waals surface area contributed by atoms with Crippen molar-refractivity contribution in [3.8, 4) is 0 Å². The standard InChI is InChI=1S/C16H12F2N2O/c17-11-6-13(18)12-8-15(20-14(12)7-11)16(21)19-9-10-4-2-1-3-5-10/h1-8,20H,9H2,(H,19,21). The average Bonchev–Trinajstić information content (AvgIpc) is 2.90. The number of hydrogen-bond acceptors (Lipinski definition) is 1. The lowest BCUT2D eigenvalue weighted by Crippen LogP contribution is -2.22. The predicted molar refractivity (Wildman–Crippen MR) is 75.8 cm³/mol. The highest BCUT2D eigenvalue weighted by Gasteiger charge is 2.12. The van der Waals surface area contributed by atoms with E-state index in [0.29, 0.717) is 6.54 Å². The van der Waals surface area contributed by atoms with Crippen LogP contribution < -0.4 is 5.32 Å². The number of aromatic amines is 1. The summed E-state index contributed by atoms with van der Waals surface area (Å²) < 4.78 is 26.7. The smallest absolute Gasteiger partial charge is 0.267 e. The van der Waals surface area contributed by atoms with Crippen LogP contribution in [0.4, 0.5) is 8.78 Å². The molecule has 0 saturated heterocycles.